The zero-order valence-corrected chi connectivity index (χ0v) is 12.3. The second kappa shape index (κ2) is 9.50. The molecule has 0 fully saturated rings. The van der Waals surface area contributed by atoms with Crippen LogP contribution in [0.5, 0.6) is 0 Å². The van der Waals surface area contributed by atoms with Gasteiger partial charge in [-0.25, -0.2) is 0 Å². The molecule has 0 spiro atoms. The number of Topliss-reactive ketones (excluding diaryl/α,β-unsaturated/α-hetero) is 1. The number of unbranched alkanes of at least 4 members (excludes halogenated alkanes) is 2. The zero-order valence-electron chi connectivity index (χ0n) is 11.5. The molecule has 0 aromatic heterocycles. The van der Waals surface area contributed by atoms with Gasteiger partial charge in [-0.05, 0) is 43.7 Å². The first-order valence-corrected chi connectivity index (χ1v) is 7.27. The summed E-state index contributed by atoms with van der Waals surface area (Å²) in [5.74, 6) is -0.125. The molecule has 0 saturated heterocycles. The van der Waals surface area contributed by atoms with Crippen molar-refractivity contribution in [1.29, 1.82) is 0 Å². The van der Waals surface area contributed by atoms with Gasteiger partial charge in [-0.2, -0.15) is 0 Å². The normalized spacial score (nSPS) is 10.3. The van der Waals surface area contributed by atoms with E-state index in [0.29, 0.717) is 23.7 Å². The van der Waals surface area contributed by atoms with Crippen LogP contribution in [0.25, 0.3) is 0 Å². The van der Waals surface area contributed by atoms with E-state index in [1.807, 2.05) is 0 Å². The van der Waals surface area contributed by atoms with Gasteiger partial charge < -0.3 is 11.1 Å². The van der Waals surface area contributed by atoms with Crippen LogP contribution in [0.4, 0.5) is 0 Å². The number of benzene rings is 1. The Bertz CT molecular complexity index is 432. The van der Waals surface area contributed by atoms with Gasteiger partial charge >= 0.3 is 0 Å². The highest BCUT2D eigenvalue weighted by Crippen LogP contribution is 2.11. The van der Waals surface area contributed by atoms with Crippen LogP contribution in [0.2, 0.25) is 5.02 Å². The van der Waals surface area contributed by atoms with Crippen LogP contribution in [0.3, 0.4) is 0 Å². The summed E-state index contributed by atoms with van der Waals surface area (Å²) in [5.41, 5.74) is 5.97. The summed E-state index contributed by atoms with van der Waals surface area (Å²) in [4.78, 5) is 23.4. The minimum absolute atomic E-state index is 0.0417. The Morgan fingerprint density at radius 2 is 1.75 bits per heavy atom. The first-order valence-electron chi connectivity index (χ1n) is 6.89. The Balaban J connectivity index is 2.20. The number of hydrogen-bond donors (Lipinski definition) is 2. The highest BCUT2D eigenvalue weighted by molar-refractivity contribution is 6.30. The molecule has 3 N–H and O–H groups in total. The highest BCUT2D eigenvalue weighted by Gasteiger charge is 2.08. The van der Waals surface area contributed by atoms with Crippen molar-refractivity contribution in [3.8, 4) is 0 Å². The zero-order chi connectivity index (χ0) is 14.8. The monoisotopic (exact) mass is 296 g/mol. The first kappa shape index (κ1) is 16.7. The molecule has 0 bridgehead atoms. The Morgan fingerprint density at radius 3 is 2.40 bits per heavy atom. The molecule has 0 atom stereocenters. The number of nitrogens with one attached hydrogen (secondary N) is 1. The number of ketones is 1. The fraction of sp³-hybridized carbons (Fsp3) is 0.467. The van der Waals surface area contributed by atoms with E-state index in [9.17, 15) is 9.59 Å². The third-order valence-electron chi connectivity index (χ3n) is 2.95. The molecule has 0 unspecified atom stereocenters. The van der Waals surface area contributed by atoms with E-state index >= 15 is 0 Å². The third kappa shape index (κ3) is 6.68. The summed E-state index contributed by atoms with van der Waals surface area (Å²) in [6.07, 6.45) is 3.36. The highest BCUT2D eigenvalue weighted by atomic mass is 35.5. The second-order valence-electron chi connectivity index (χ2n) is 4.63. The van der Waals surface area contributed by atoms with E-state index in [2.05, 4.69) is 5.32 Å². The summed E-state index contributed by atoms with van der Waals surface area (Å²) >= 11 is 5.75. The smallest absolute Gasteiger partial charge is 0.220 e. The Morgan fingerprint density at radius 1 is 1.05 bits per heavy atom. The average molecular weight is 297 g/mol. The van der Waals surface area contributed by atoms with Gasteiger partial charge in [0.1, 0.15) is 0 Å². The molecule has 4 nitrogen and oxygen atoms in total. The molecule has 1 aromatic rings. The molecule has 1 amide bonds. The molecule has 0 aliphatic carbocycles. The van der Waals surface area contributed by atoms with Crippen LogP contribution in [0, 0.1) is 0 Å². The first-order chi connectivity index (χ1) is 9.63. The van der Waals surface area contributed by atoms with E-state index in [1.54, 1.807) is 24.3 Å². The van der Waals surface area contributed by atoms with E-state index in [4.69, 9.17) is 17.3 Å². The minimum atomic E-state index is -0.0833. The van der Waals surface area contributed by atoms with Gasteiger partial charge in [0.25, 0.3) is 0 Å². The summed E-state index contributed by atoms with van der Waals surface area (Å²) in [6, 6.07) is 6.70. The average Bonchev–Trinajstić information content (AvgIpc) is 2.45. The molecule has 20 heavy (non-hydrogen) atoms. The van der Waals surface area contributed by atoms with Crippen molar-refractivity contribution < 1.29 is 9.59 Å². The second-order valence-corrected chi connectivity index (χ2v) is 5.07. The predicted molar refractivity (Wildman–Crippen MR) is 80.9 cm³/mol. The molecule has 5 heteroatoms. The van der Waals surface area contributed by atoms with Crippen LogP contribution in [-0.2, 0) is 4.79 Å². The van der Waals surface area contributed by atoms with Crippen LogP contribution in [-0.4, -0.2) is 24.8 Å². The number of amides is 1. The van der Waals surface area contributed by atoms with E-state index in [-0.39, 0.29) is 24.5 Å². The number of carbonyl (C=O) groups excluding carboxylic acids is 2. The van der Waals surface area contributed by atoms with Gasteiger partial charge in [-0.1, -0.05) is 18.0 Å². The van der Waals surface area contributed by atoms with Gasteiger partial charge in [0.2, 0.25) is 5.91 Å². The maximum Gasteiger partial charge on any atom is 0.220 e. The quantitative estimate of drug-likeness (QED) is 0.543. The molecule has 0 radical (unpaired) electrons. The number of hydrogen-bond acceptors (Lipinski definition) is 3. The standard InChI is InChI=1S/C15H21ClN2O2/c16-13-6-4-12(5-7-13)14(19)8-9-15(20)18-11-3-1-2-10-17/h4-7H,1-3,8-11,17H2,(H,18,20). The molecular weight excluding hydrogens is 276 g/mol. The van der Waals surface area contributed by atoms with Crippen molar-refractivity contribution >= 4 is 23.3 Å². The van der Waals surface area contributed by atoms with Gasteiger partial charge in [0.05, 0.1) is 0 Å². The number of nitrogens with two attached hydrogens (primary N) is 1. The number of halogens is 1. The largest absolute Gasteiger partial charge is 0.356 e. The Hall–Kier alpha value is -1.39. The van der Waals surface area contributed by atoms with Crippen molar-refractivity contribution in [1.82, 2.24) is 5.32 Å². The van der Waals surface area contributed by atoms with Crippen LogP contribution < -0.4 is 11.1 Å². The predicted octanol–water partition coefficient (Wildman–Crippen LogP) is 2.55. The molecule has 1 aromatic carbocycles. The van der Waals surface area contributed by atoms with Gasteiger partial charge in [-0.3, -0.25) is 9.59 Å². The lowest BCUT2D eigenvalue weighted by molar-refractivity contribution is -0.121. The van der Waals surface area contributed by atoms with Crippen molar-refractivity contribution in [2.24, 2.45) is 5.73 Å². The lowest BCUT2D eigenvalue weighted by Crippen LogP contribution is -2.24. The molecule has 0 saturated carbocycles. The summed E-state index contributed by atoms with van der Waals surface area (Å²) in [6.45, 7) is 1.33. The van der Waals surface area contributed by atoms with E-state index in [0.717, 1.165) is 19.3 Å². The lowest BCUT2D eigenvalue weighted by Gasteiger charge is -2.05. The third-order valence-corrected chi connectivity index (χ3v) is 3.20. The molecule has 1 rings (SSSR count). The molecule has 110 valence electrons. The van der Waals surface area contributed by atoms with Crippen LogP contribution in [0.15, 0.2) is 24.3 Å². The molecule has 0 aliphatic rings. The van der Waals surface area contributed by atoms with E-state index in [1.165, 1.54) is 0 Å². The van der Waals surface area contributed by atoms with Crippen molar-refractivity contribution in [2.45, 2.75) is 32.1 Å². The van der Waals surface area contributed by atoms with Gasteiger partial charge in [-0.15, -0.1) is 0 Å². The summed E-state index contributed by atoms with van der Waals surface area (Å²) < 4.78 is 0. The van der Waals surface area contributed by atoms with Crippen LogP contribution in [0.1, 0.15) is 42.5 Å². The lowest BCUT2D eigenvalue weighted by atomic mass is 10.1. The van der Waals surface area contributed by atoms with Gasteiger partial charge in [0, 0.05) is 30.0 Å². The van der Waals surface area contributed by atoms with E-state index < -0.39 is 0 Å². The molecule has 0 aliphatic heterocycles. The van der Waals surface area contributed by atoms with Crippen molar-refractivity contribution in [3.05, 3.63) is 34.9 Å². The molecule has 0 heterocycles. The van der Waals surface area contributed by atoms with Gasteiger partial charge in [0.15, 0.2) is 5.78 Å². The van der Waals surface area contributed by atoms with Crippen molar-refractivity contribution in [3.63, 3.8) is 0 Å². The minimum Gasteiger partial charge on any atom is -0.356 e. The Kier molecular flexibility index (Phi) is 7.92. The SMILES string of the molecule is NCCCCCNC(=O)CCC(=O)c1ccc(Cl)cc1. The molecular formula is C15H21ClN2O2. The fourth-order valence-corrected chi connectivity index (χ4v) is 1.90. The summed E-state index contributed by atoms with van der Waals surface area (Å²) in [7, 11) is 0. The maximum atomic E-state index is 11.8. The fourth-order valence-electron chi connectivity index (χ4n) is 1.77. The number of carbonyl (C=O) groups is 2. The van der Waals surface area contributed by atoms with Crippen LogP contribution >= 0.6 is 11.6 Å². The van der Waals surface area contributed by atoms with Crippen molar-refractivity contribution in [2.75, 3.05) is 13.1 Å². The topological polar surface area (TPSA) is 72.2 Å². The Labute approximate surface area is 124 Å². The summed E-state index contributed by atoms with van der Waals surface area (Å²) in [5, 5.41) is 3.40. The number of rotatable bonds is 9. The maximum absolute atomic E-state index is 11.8.